The molecule has 1 saturated heterocycles. The number of ether oxygens (including phenoxy) is 1. The van der Waals surface area contributed by atoms with Crippen molar-refractivity contribution in [3.63, 3.8) is 0 Å². The molecule has 2 atom stereocenters. The second-order valence-electron chi connectivity index (χ2n) is 7.30. The average molecular weight is 384 g/mol. The Morgan fingerprint density at radius 3 is 3.04 bits per heavy atom. The summed E-state index contributed by atoms with van der Waals surface area (Å²) in [5.74, 6) is 0.375. The lowest BCUT2D eigenvalue weighted by Crippen LogP contribution is -2.44. The van der Waals surface area contributed by atoms with Crippen LogP contribution in [-0.2, 0) is 17.8 Å². The van der Waals surface area contributed by atoms with E-state index in [0.717, 1.165) is 36.5 Å². The van der Waals surface area contributed by atoms with E-state index in [1.807, 2.05) is 13.1 Å². The van der Waals surface area contributed by atoms with E-state index in [2.05, 4.69) is 10.3 Å². The molecule has 0 aliphatic carbocycles. The third-order valence-corrected chi connectivity index (χ3v) is 5.39. The van der Waals surface area contributed by atoms with Gasteiger partial charge < -0.3 is 15.0 Å². The van der Waals surface area contributed by atoms with Crippen LogP contribution in [0.4, 0.5) is 4.39 Å². The number of rotatable bonds is 5. The molecule has 2 aliphatic heterocycles. The second kappa shape index (κ2) is 8.22. The van der Waals surface area contributed by atoms with Crippen LogP contribution < -0.4 is 10.1 Å². The van der Waals surface area contributed by atoms with Crippen molar-refractivity contribution in [3.8, 4) is 5.75 Å². The molecule has 1 aromatic carbocycles. The Morgan fingerprint density at radius 1 is 1.43 bits per heavy atom. The number of fused-ring (bicyclic) bond motifs is 1. The molecule has 1 aromatic heterocycles. The molecule has 4 rings (SSSR count). The van der Waals surface area contributed by atoms with Crippen molar-refractivity contribution < 1.29 is 13.9 Å². The predicted molar refractivity (Wildman–Crippen MR) is 102 cm³/mol. The molecular formula is C21H25FN4O2. The second-order valence-corrected chi connectivity index (χ2v) is 7.30. The molecule has 1 fully saturated rings. The Morgan fingerprint density at radius 2 is 2.29 bits per heavy atom. The molecule has 1 N–H and O–H groups in total. The van der Waals surface area contributed by atoms with Crippen molar-refractivity contribution in [2.75, 3.05) is 13.1 Å². The molecular weight excluding hydrogens is 359 g/mol. The summed E-state index contributed by atoms with van der Waals surface area (Å²) < 4.78 is 19.6. The maximum atomic E-state index is 13.9. The first-order valence-corrected chi connectivity index (χ1v) is 9.93. The number of amides is 1. The molecule has 0 spiro atoms. The molecule has 0 bridgehead atoms. The van der Waals surface area contributed by atoms with E-state index >= 15 is 0 Å². The molecule has 7 heteroatoms. The minimum absolute atomic E-state index is 0.108. The summed E-state index contributed by atoms with van der Waals surface area (Å²) >= 11 is 0. The smallest absolute Gasteiger partial charge is 0.263 e. The highest BCUT2D eigenvalue weighted by Crippen LogP contribution is 2.24. The molecule has 6 nitrogen and oxygen atoms in total. The maximum Gasteiger partial charge on any atom is 0.263 e. The van der Waals surface area contributed by atoms with Gasteiger partial charge in [0.15, 0.2) is 17.7 Å². The number of aromatic nitrogens is 2. The van der Waals surface area contributed by atoms with Crippen molar-refractivity contribution in [1.29, 1.82) is 0 Å². The molecule has 1 amide bonds. The summed E-state index contributed by atoms with van der Waals surface area (Å²) in [4.78, 5) is 24.0. The quantitative estimate of drug-likeness (QED) is 0.859. The largest absolute Gasteiger partial charge is 0.478 e. The van der Waals surface area contributed by atoms with E-state index in [-0.39, 0.29) is 17.7 Å². The number of hydrogen-bond donors (Lipinski definition) is 1. The SMILES string of the molecule is CC[C@@H](Oc1ccccc1F)C(=O)N1CCc2nc([C@H]3CCCN3)ncc2C1. The Labute approximate surface area is 164 Å². The van der Waals surface area contributed by atoms with Crippen molar-refractivity contribution in [2.45, 2.75) is 51.3 Å². The normalized spacial score (nSPS) is 19.9. The first kappa shape index (κ1) is 18.8. The highest BCUT2D eigenvalue weighted by atomic mass is 19.1. The predicted octanol–water partition coefficient (Wildman–Crippen LogP) is 2.78. The van der Waals surface area contributed by atoms with Crippen molar-refractivity contribution >= 4 is 5.91 Å². The molecule has 148 valence electrons. The van der Waals surface area contributed by atoms with Crippen LogP contribution in [0.15, 0.2) is 30.5 Å². The fourth-order valence-electron chi connectivity index (χ4n) is 3.80. The molecule has 2 aliphatic rings. The standard InChI is InChI=1S/C21H25FN4O2/c1-2-18(28-19-8-4-3-6-15(19)22)21(27)26-11-9-16-14(13-26)12-24-20(25-16)17-7-5-10-23-17/h3-4,6,8,12,17-18,23H,2,5,7,9-11,13H2,1H3/t17-,18-/m1/s1. The van der Waals surface area contributed by atoms with E-state index in [1.165, 1.54) is 6.07 Å². The van der Waals surface area contributed by atoms with Crippen LogP contribution in [0.25, 0.3) is 0 Å². The summed E-state index contributed by atoms with van der Waals surface area (Å²) in [7, 11) is 0. The van der Waals surface area contributed by atoms with E-state index in [1.54, 1.807) is 23.1 Å². The topological polar surface area (TPSA) is 67.3 Å². The Kier molecular flexibility index (Phi) is 5.52. The van der Waals surface area contributed by atoms with Crippen LogP contribution >= 0.6 is 0 Å². The lowest BCUT2D eigenvalue weighted by atomic mass is 10.1. The maximum absolute atomic E-state index is 13.9. The van der Waals surface area contributed by atoms with Crippen LogP contribution in [0.5, 0.6) is 5.75 Å². The van der Waals surface area contributed by atoms with Gasteiger partial charge in [0.05, 0.1) is 11.7 Å². The van der Waals surface area contributed by atoms with Gasteiger partial charge in [0, 0.05) is 31.3 Å². The zero-order valence-corrected chi connectivity index (χ0v) is 16.0. The lowest BCUT2D eigenvalue weighted by molar-refractivity contribution is -0.140. The van der Waals surface area contributed by atoms with E-state index in [9.17, 15) is 9.18 Å². The van der Waals surface area contributed by atoms with Gasteiger partial charge in [0.25, 0.3) is 5.91 Å². The minimum Gasteiger partial charge on any atom is -0.478 e. The van der Waals surface area contributed by atoms with Crippen LogP contribution in [0.1, 0.15) is 49.3 Å². The van der Waals surface area contributed by atoms with Gasteiger partial charge in [-0.3, -0.25) is 4.79 Å². The number of carbonyl (C=O) groups excluding carboxylic acids is 1. The minimum atomic E-state index is -0.707. The summed E-state index contributed by atoms with van der Waals surface area (Å²) in [5.41, 5.74) is 1.99. The van der Waals surface area contributed by atoms with Crippen molar-refractivity contribution in [3.05, 3.63) is 53.4 Å². The summed E-state index contributed by atoms with van der Waals surface area (Å²) in [6, 6.07) is 6.41. The fraction of sp³-hybridized carbons (Fsp3) is 0.476. The molecule has 0 unspecified atom stereocenters. The molecule has 0 radical (unpaired) electrons. The number of hydrogen-bond acceptors (Lipinski definition) is 5. The zero-order valence-electron chi connectivity index (χ0n) is 16.0. The molecule has 28 heavy (non-hydrogen) atoms. The fourth-order valence-corrected chi connectivity index (χ4v) is 3.80. The van der Waals surface area contributed by atoms with Gasteiger partial charge in [0.2, 0.25) is 0 Å². The van der Waals surface area contributed by atoms with Crippen LogP contribution in [0, 0.1) is 5.82 Å². The first-order chi connectivity index (χ1) is 13.7. The van der Waals surface area contributed by atoms with Crippen molar-refractivity contribution in [2.24, 2.45) is 0 Å². The van der Waals surface area contributed by atoms with Crippen LogP contribution in [0.2, 0.25) is 0 Å². The van der Waals surface area contributed by atoms with Crippen LogP contribution in [0.3, 0.4) is 0 Å². The van der Waals surface area contributed by atoms with Gasteiger partial charge in [-0.25, -0.2) is 14.4 Å². The van der Waals surface area contributed by atoms with Crippen LogP contribution in [-0.4, -0.2) is 40.0 Å². The number of nitrogens with zero attached hydrogens (tertiary/aromatic N) is 3. The number of halogens is 1. The Bertz CT molecular complexity index is 854. The van der Waals surface area contributed by atoms with Gasteiger partial charge in [-0.1, -0.05) is 19.1 Å². The molecule has 3 heterocycles. The van der Waals surface area contributed by atoms with E-state index in [4.69, 9.17) is 9.72 Å². The monoisotopic (exact) mass is 384 g/mol. The van der Waals surface area contributed by atoms with Gasteiger partial charge in [-0.05, 0) is 37.9 Å². The number of carbonyl (C=O) groups is 1. The summed E-state index contributed by atoms with van der Waals surface area (Å²) in [6.45, 7) is 3.92. The third-order valence-electron chi connectivity index (χ3n) is 5.39. The Hall–Kier alpha value is -2.54. The number of benzene rings is 1. The average Bonchev–Trinajstić information content (AvgIpc) is 3.27. The Balaban J connectivity index is 1.45. The summed E-state index contributed by atoms with van der Waals surface area (Å²) in [6.07, 6.45) is 4.51. The van der Waals surface area contributed by atoms with Gasteiger partial charge in [0.1, 0.15) is 5.82 Å². The van der Waals surface area contributed by atoms with Crippen molar-refractivity contribution in [1.82, 2.24) is 20.2 Å². The zero-order chi connectivity index (χ0) is 19.5. The third kappa shape index (κ3) is 3.85. The number of nitrogens with one attached hydrogen (secondary N) is 1. The van der Waals surface area contributed by atoms with Gasteiger partial charge >= 0.3 is 0 Å². The van der Waals surface area contributed by atoms with Gasteiger partial charge in [-0.2, -0.15) is 0 Å². The molecule has 0 saturated carbocycles. The van der Waals surface area contributed by atoms with E-state index in [0.29, 0.717) is 25.9 Å². The highest BCUT2D eigenvalue weighted by Gasteiger charge is 2.30. The van der Waals surface area contributed by atoms with E-state index < -0.39 is 11.9 Å². The van der Waals surface area contributed by atoms with Gasteiger partial charge in [-0.15, -0.1) is 0 Å². The lowest BCUT2D eigenvalue weighted by Gasteiger charge is -2.31. The molecule has 2 aromatic rings. The highest BCUT2D eigenvalue weighted by molar-refractivity contribution is 5.81. The first-order valence-electron chi connectivity index (χ1n) is 9.93. The number of para-hydroxylation sites is 1. The summed E-state index contributed by atoms with van der Waals surface area (Å²) in [5, 5.41) is 3.42.